The smallest absolute Gasteiger partial charge is 0.245 e. The number of carbonyl (C=O) groups excluding carboxylic acids is 1. The van der Waals surface area contributed by atoms with Crippen LogP contribution in [0, 0.1) is 6.92 Å². The van der Waals surface area contributed by atoms with Crippen LogP contribution in [0.5, 0.6) is 0 Å². The second kappa shape index (κ2) is 8.57. The maximum Gasteiger partial charge on any atom is 0.245 e. The summed E-state index contributed by atoms with van der Waals surface area (Å²) in [5, 5.41) is 3.14. The number of amides is 1. The highest BCUT2D eigenvalue weighted by Crippen LogP contribution is 2.30. The molecule has 154 valence electrons. The Morgan fingerprint density at radius 3 is 2.59 bits per heavy atom. The van der Waals surface area contributed by atoms with Crippen molar-refractivity contribution in [2.75, 3.05) is 32.1 Å². The van der Waals surface area contributed by atoms with E-state index in [0.29, 0.717) is 6.54 Å². The lowest BCUT2D eigenvalue weighted by atomic mass is 10.1. The molecule has 0 aliphatic carbocycles. The minimum atomic E-state index is -0.148. The van der Waals surface area contributed by atoms with Crippen LogP contribution in [-0.2, 0) is 11.3 Å². The molecule has 3 heterocycles. The first-order chi connectivity index (χ1) is 14.0. The predicted molar refractivity (Wildman–Crippen MR) is 120 cm³/mol. The van der Waals surface area contributed by atoms with Crippen LogP contribution >= 0.6 is 11.3 Å². The van der Waals surface area contributed by atoms with Crippen molar-refractivity contribution >= 4 is 28.5 Å². The van der Waals surface area contributed by atoms with Gasteiger partial charge in [-0.2, -0.15) is 0 Å². The fourth-order valence-electron chi connectivity index (χ4n) is 4.25. The molecule has 0 N–H and O–H groups in total. The first-order valence-electron chi connectivity index (χ1n) is 10.5. The number of hydrogen-bond donors (Lipinski definition) is 0. The zero-order valence-electron chi connectivity index (χ0n) is 17.6. The van der Waals surface area contributed by atoms with E-state index in [1.165, 1.54) is 30.5 Å². The van der Waals surface area contributed by atoms with Crippen molar-refractivity contribution in [3.05, 3.63) is 52.1 Å². The summed E-state index contributed by atoms with van der Waals surface area (Å²) in [6.07, 6.45) is 6.69. The first-order valence-corrected chi connectivity index (χ1v) is 11.3. The highest BCUT2D eigenvalue weighted by molar-refractivity contribution is 7.09. The van der Waals surface area contributed by atoms with E-state index in [1.807, 2.05) is 30.8 Å². The number of likely N-dealkylation sites (N-methyl/N-ethyl adjacent to an activating group) is 2. The molecule has 2 aromatic rings. The summed E-state index contributed by atoms with van der Waals surface area (Å²) in [7, 11) is 3.88. The molecule has 4 rings (SSSR count). The van der Waals surface area contributed by atoms with E-state index in [4.69, 9.17) is 0 Å². The van der Waals surface area contributed by atoms with Gasteiger partial charge < -0.3 is 14.7 Å². The van der Waals surface area contributed by atoms with Gasteiger partial charge in [-0.1, -0.05) is 12.1 Å². The minimum absolute atomic E-state index is 0.148. The van der Waals surface area contributed by atoms with Gasteiger partial charge in [-0.25, -0.2) is 4.98 Å². The number of aromatic nitrogens is 1. The summed E-state index contributed by atoms with van der Waals surface area (Å²) >= 11 is 1.65. The highest BCUT2D eigenvalue weighted by atomic mass is 32.1. The van der Waals surface area contributed by atoms with Gasteiger partial charge in [-0.15, -0.1) is 11.3 Å². The standard InChI is InChI=1S/C23H30N4OS/c1-17-24-21(16-29-17)19-13-22(25(2)15-19)23(28)26(3)14-18-7-9-20(10-8-18)27-11-5-4-6-12-27/h7-10,15-16,22H,4-6,11-14H2,1-3H3. The number of rotatable bonds is 5. The summed E-state index contributed by atoms with van der Waals surface area (Å²) in [5.41, 5.74) is 4.62. The van der Waals surface area contributed by atoms with Crippen molar-refractivity contribution in [2.45, 2.75) is 45.2 Å². The number of benzene rings is 1. The van der Waals surface area contributed by atoms with Crippen LogP contribution in [0.2, 0.25) is 0 Å². The Labute approximate surface area is 177 Å². The van der Waals surface area contributed by atoms with E-state index in [9.17, 15) is 4.79 Å². The maximum atomic E-state index is 13.1. The highest BCUT2D eigenvalue weighted by Gasteiger charge is 2.31. The number of thiazole rings is 1. The molecule has 1 aromatic heterocycles. The third-order valence-electron chi connectivity index (χ3n) is 5.95. The third kappa shape index (κ3) is 4.47. The van der Waals surface area contributed by atoms with E-state index < -0.39 is 0 Å². The summed E-state index contributed by atoms with van der Waals surface area (Å²) in [6, 6.07) is 8.57. The summed E-state index contributed by atoms with van der Waals surface area (Å²) < 4.78 is 0. The second-order valence-corrected chi connectivity index (χ2v) is 9.26. The van der Waals surface area contributed by atoms with Gasteiger partial charge in [-0.3, -0.25) is 4.79 Å². The molecule has 2 aliphatic heterocycles. The molecule has 0 spiro atoms. The fraction of sp³-hybridized carbons (Fsp3) is 0.478. The molecular formula is C23H30N4OS. The van der Waals surface area contributed by atoms with E-state index in [0.717, 1.165) is 35.8 Å². The lowest BCUT2D eigenvalue weighted by Gasteiger charge is -2.29. The van der Waals surface area contributed by atoms with Gasteiger partial charge in [0.05, 0.1) is 10.7 Å². The summed E-state index contributed by atoms with van der Waals surface area (Å²) in [5.74, 6) is 0.158. The van der Waals surface area contributed by atoms with Gasteiger partial charge in [0.2, 0.25) is 5.91 Å². The third-order valence-corrected chi connectivity index (χ3v) is 6.72. The van der Waals surface area contributed by atoms with Crippen molar-refractivity contribution in [3.8, 4) is 0 Å². The normalized spacial score (nSPS) is 19.4. The van der Waals surface area contributed by atoms with Gasteiger partial charge in [0.1, 0.15) is 6.04 Å². The van der Waals surface area contributed by atoms with Crippen LogP contribution in [0.15, 0.2) is 35.8 Å². The topological polar surface area (TPSA) is 39.7 Å². The van der Waals surface area contributed by atoms with Crippen LogP contribution in [0.1, 0.15) is 41.9 Å². The quantitative estimate of drug-likeness (QED) is 0.743. The molecule has 1 fully saturated rings. The largest absolute Gasteiger partial charge is 0.372 e. The van der Waals surface area contributed by atoms with E-state index in [1.54, 1.807) is 11.3 Å². The maximum absolute atomic E-state index is 13.1. The second-order valence-electron chi connectivity index (χ2n) is 8.20. The van der Waals surface area contributed by atoms with Crippen molar-refractivity contribution in [3.63, 3.8) is 0 Å². The van der Waals surface area contributed by atoms with E-state index in [2.05, 4.69) is 45.7 Å². The van der Waals surface area contributed by atoms with Crippen LogP contribution in [0.3, 0.4) is 0 Å². The summed E-state index contributed by atoms with van der Waals surface area (Å²) in [4.78, 5) is 24.0. The summed E-state index contributed by atoms with van der Waals surface area (Å²) in [6.45, 7) is 4.95. The molecule has 0 bridgehead atoms. The Morgan fingerprint density at radius 2 is 1.93 bits per heavy atom. The molecule has 1 amide bonds. The van der Waals surface area contributed by atoms with Crippen molar-refractivity contribution in [1.29, 1.82) is 0 Å². The molecule has 6 heteroatoms. The number of nitrogens with zero attached hydrogens (tertiary/aromatic N) is 4. The lowest BCUT2D eigenvalue weighted by Crippen LogP contribution is -2.41. The number of hydrogen-bond acceptors (Lipinski definition) is 5. The first kappa shape index (κ1) is 20.0. The van der Waals surface area contributed by atoms with E-state index >= 15 is 0 Å². The molecule has 1 unspecified atom stereocenters. The Morgan fingerprint density at radius 1 is 1.21 bits per heavy atom. The molecule has 1 aromatic carbocycles. The Balaban J connectivity index is 1.36. The zero-order valence-corrected chi connectivity index (χ0v) is 18.4. The Hall–Kier alpha value is -2.34. The number of anilines is 1. The monoisotopic (exact) mass is 410 g/mol. The number of aryl methyl sites for hydroxylation is 1. The van der Waals surface area contributed by atoms with Gasteiger partial charge in [0.15, 0.2) is 0 Å². The molecule has 0 saturated carbocycles. The lowest BCUT2D eigenvalue weighted by molar-refractivity contribution is -0.134. The number of piperidine rings is 1. The fourth-order valence-corrected chi connectivity index (χ4v) is 4.89. The van der Waals surface area contributed by atoms with Crippen LogP contribution in [-0.4, -0.2) is 53.9 Å². The SMILES string of the molecule is Cc1nc(C2=CN(C)C(C(=O)N(C)Cc3ccc(N4CCCCC4)cc3)C2)cs1. The molecule has 1 saturated heterocycles. The van der Waals surface area contributed by atoms with Crippen LogP contribution in [0.25, 0.3) is 5.57 Å². The van der Waals surface area contributed by atoms with E-state index in [-0.39, 0.29) is 11.9 Å². The minimum Gasteiger partial charge on any atom is -0.372 e. The Kier molecular flexibility index (Phi) is 5.90. The average molecular weight is 411 g/mol. The molecule has 2 aliphatic rings. The molecular weight excluding hydrogens is 380 g/mol. The van der Waals surface area contributed by atoms with Crippen molar-refractivity contribution < 1.29 is 4.79 Å². The van der Waals surface area contributed by atoms with Gasteiger partial charge in [0, 0.05) is 57.4 Å². The number of carbonyl (C=O) groups is 1. The van der Waals surface area contributed by atoms with Gasteiger partial charge in [-0.05, 0) is 49.5 Å². The van der Waals surface area contributed by atoms with Gasteiger partial charge in [0.25, 0.3) is 0 Å². The van der Waals surface area contributed by atoms with Crippen molar-refractivity contribution in [2.24, 2.45) is 0 Å². The van der Waals surface area contributed by atoms with Gasteiger partial charge >= 0.3 is 0 Å². The zero-order chi connectivity index (χ0) is 20.4. The predicted octanol–water partition coefficient (Wildman–Crippen LogP) is 4.15. The molecule has 0 radical (unpaired) electrons. The molecule has 1 atom stereocenters. The van der Waals surface area contributed by atoms with Crippen LogP contribution in [0.4, 0.5) is 5.69 Å². The average Bonchev–Trinajstić information content (AvgIpc) is 3.34. The van der Waals surface area contributed by atoms with Crippen molar-refractivity contribution in [1.82, 2.24) is 14.8 Å². The Bertz CT molecular complexity index is 883. The van der Waals surface area contributed by atoms with Crippen LogP contribution < -0.4 is 4.90 Å². The molecule has 29 heavy (non-hydrogen) atoms. The molecule has 5 nitrogen and oxygen atoms in total.